The van der Waals surface area contributed by atoms with Gasteiger partial charge in [0.2, 0.25) is 0 Å². The second kappa shape index (κ2) is 6.77. The maximum atomic E-state index is 2.62. The monoisotopic (exact) mass is 280 g/mol. The molecule has 21 heavy (non-hydrogen) atoms. The van der Waals surface area contributed by atoms with Crippen molar-refractivity contribution in [3.8, 4) is 0 Å². The molecule has 3 rings (SSSR count). The lowest BCUT2D eigenvalue weighted by Crippen LogP contribution is -2.40. The molecule has 0 spiro atoms. The largest absolute Gasteiger partial charge is 0.352 e. The SMILES string of the molecule is CCN(c1ccccc1)C(c1ccccc1)N1CCCC1. The van der Waals surface area contributed by atoms with Crippen LogP contribution in [0.1, 0.15) is 31.5 Å². The molecule has 0 aromatic heterocycles. The van der Waals surface area contributed by atoms with Crippen LogP contribution in [0.2, 0.25) is 0 Å². The van der Waals surface area contributed by atoms with E-state index in [1.54, 1.807) is 0 Å². The maximum Gasteiger partial charge on any atom is 0.108 e. The molecule has 2 aromatic carbocycles. The highest BCUT2D eigenvalue weighted by Crippen LogP contribution is 2.32. The van der Waals surface area contributed by atoms with Crippen molar-refractivity contribution in [2.24, 2.45) is 0 Å². The molecule has 1 aliphatic rings. The van der Waals surface area contributed by atoms with Gasteiger partial charge in [-0.3, -0.25) is 4.90 Å². The Morgan fingerprint density at radius 2 is 1.48 bits per heavy atom. The van der Waals surface area contributed by atoms with Crippen LogP contribution in [0.25, 0.3) is 0 Å². The second-order valence-corrected chi connectivity index (χ2v) is 5.65. The van der Waals surface area contributed by atoms with Gasteiger partial charge in [-0.1, -0.05) is 48.5 Å². The highest BCUT2D eigenvalue weighted by molar-refractivity contribution is 5.48. The van der Waals surface area contributed by atoms with Crippen molar-refractivity contribution in [2.45, 2.75) is 25.9 Å². The van der Waals surface area contributed by atoms with Gasteiger partial charge in [-0.15, -0.1) is 0 Å². The van der Waals surface area contributed by atoms with E-state index in [1.165, 1.54) is 37.2 Å². The molecular weight excluding hydrogens is 256 g/mol. The average Bonchev–Trinajstić information content (AvgIpc) is 3.08. The van der Waals surface area contributed by atoms with Crippen molar-refractivity contribution < 1.29 is 0 Å². The molecule has 0 bridgehead atoms. The van der Waals surface area contributed by atoms with E-state index >= 15 is 0 Å². The molecule has 1 saturated heterocycles. The van der Waals surface area contributed by atoms with Gasteiger partial charge in [0.25, 0.3) is 0 Å². The van der Waals surface area contributed by atoms with Crippen molar-refractivity contribution >= 4 is 5.69 Å². The number of likely N-dealkylation sites (tertiary alicyclic amines) is 1. The lowest BCUT2D eigenvalue weighted by Gasteiger charge is -2.39. The highest BCUT2D eigenvalue weighted by Gasteiger charge is 2.28. The predicted molar refractivity (Wildman–Crippen MR) is 89.5 cm³/mol. The number of anilines is 1. The standard InChI is InChI=1S/C19H24N2/c1-2-21(18-13-7-4-8-14-18)19(20-15-9-10-16-20)17-11-5-3-6-12-17/h3-8,11-14,19H,2,9-10,15-16H2,1H3. The molecule has 1 fully saturated rings. The van der Waals surface area contributed by atoms with E-state index in [9.17, 15) is 0 Å². The molecule has 0 N–H and O–H groups in total. The van der Waals surface area contributed by atoms with Gasteiger partial charge in [0.1, 0.15) is 6.17 Å². The first-order valence-corrected chi connectivity index (χ1v) is 8.01. The van der Waals surface area contributed by atoms with E-state index < -0.39 is 0 Å². The Balaban J connectivity index is 1.97. The molecule has 1 heterocycles. The summed E-state index contributed by atoms with van der Waals surface area (Å²) >= 11 is 0. The van der Waals surface area contributed by atoms with Crippen LogP contribution >= 0.6 is 0 Å². The van der Waals surface area contributed by atoms with E-state index in [4.69, 9.17) is 0 Å². The van der Waals surface area contributed by atoms with E-state index in [1.807, 2.05) is 0 Å². The lowest BCUT2D eigenvalue weighted by molar-refractivity contribution is 0.238. The first kappa shape index (κ1) is 14.2. The molecule has 1 aliphatic heterocycles. The molecule has 0 saturated carbocycles. The van der Waals surface area contributed by atoms with Crippen molar-refractivity contribution in [3.05, 3.63) is 66.2 Å². The molecular formula is C19H24N2. The Morgan fingerprint density at radius 1 is 0.905 bits per heavy atom. The van der Waals surface area contributed by atoms with E-state index in [0.717, 1.165) is 6.54 Å². The zero-order chi connectivity index (χ0) is 14.5. The van der Waals surface area contributed by atoms with Crippen molar-refractivity contribution in [2.75, 3.05) is 24.5 Å². The van der Waals surface area contributed by atoms with Gasteiger partial charge in [0, 0.05) is 25.3 Å². The third-order valence-corrected chi connectivity index (χ3v) is 4.31. The van der Waals surface area contributed by atoms with Gasteiger partial charge in [0.15, 0.2) is 0 Å². The number of hydrogen-bond donors (Lipinski definition) is 0. The molecule has 0 aliphatic carbocycles. The minimum absolute atomic E-state index is 0.348. The quantitative estimate of drug-likeness (QED) is 0.805. The number of nitrogens with zero attached hydrogens (tertiary/aromatic N) is 2. The topological polar surface area (TPSA) is 6.48 Å². The Labute approximate surface area is 128 Å². The van der Waals surface area contributed by atoms with Gasteiger partial charge in [-0.05, 0) is 37.5 Å². The Hall–Kier alpha value is -1.80. The summed E-state index contributed by atoms with van der Waals surface area (Å²) < 4.78 is 0. The minimum Gasteiger partial charge on any atom is -0.352 e. The molecule has 2 nitrogen and oxygen atoms in total. The van der Waals surface area contributed by atoms with E-state index in [-0.39, 0.29) is 0 Å². The summed E-state index contributed by atoms with van der Waals surface area (Å²) in [4.78, 5) is 5.13. The fourth-order valence-corrected chi connectivity index (χ4v) is 3.32. The zero-order valence-corrected chi connectivity index (χ0v) is 12.8. The lowest BCUT2D eigenvalue weighted by atomic mass is 10.1. The van der Waals surface area contributed by atoms with Crippen LogP contribution in [0.3, 0.4) is 0 Å². The van der Waals surface area contributed by atoms with Crippen molar-refractivity contribution in [1.29, 1.82) is 0 Å². The third-order valence-electron chi connectivity index (χ3n) is 4.31. The van der Waals surface area contributed by atoms with Crippen LogP contribution < -0.4 is 4.90 Å². The summed E-state index contributed by atoms with van der Waals surface area (Å²) in [5, 5.41) is 0. The summed E-state index contributed by atoms with van der Waals surface area (Å²) in [6.07, 6.45) is 2.98. The number of para-hydroxylation sites is 1. The minimum atomic E-state index is 0.348. The molecule has 110 valence electrons. The highest BCUT2D eigenvalue weighted by atomic mass is 15.4. The van der Waals surface area contributed by atoms with E-state index in [2.05, 4.69) is 77.4 Å². The smallest absolute Gasteiger partial charge is 0.108 e. The Morgan fingerprint density at radius 3 is 2.05 bits per heavy atom. The fourth-order valence-electron chi connectivity index (χ4n) is 3.32. The molecule has 2 heteroatoms. The average molecular weight is 280 g/mol. The summed E-state index contributed by atoms with van der Waals surface area (Å²) in [7, 11) is 0. The van der Waals surface area contributed by atoms with E-state index in [0.29, 0.717) is 6.17 Å². The third kappa shape index (κ3) is 3.11. The van der Waals surface area contributed by atoms with Crippen molar-refractivity contribution in [1.82, 2.24) is 4.90 Å². The van der Waals surface area contributed by atoms with Gasteiger partial charge < -0.3 is 4.90 Å². The van der Waals surface area contributed by atoms with Crippen LogP contribution in [0.4, 0.5) is 5.69 Å². The fraction of sp³-hybridized carbons (Fsp3) is 0.368. The Kier molecular flexibility index (Phi) is 4.56. The summed E-state index contributed by atoms with van der Waals surface area (Å²) in [6.45, 7) is 5.66. The van der Waals surface area contributed by atoms with Crippen LogP contribution in [-0.4, -0.2) is 24.5 Å². The Bertz CT molecular complexity index is 532. The maximum absolute atomic E-state index is 2.62. The normalized spacial score (nSPS) is 16.8. The van der Waals surface area contributed by atoms with Gasteiger partial charge >= 0.3 is 0 Å². The van der Waals surface area contributed by atoms with Crippen molar-refractivity contribution in [3.63, 3.8) is 0 Å². The molecule has 2 aromatic rings. The van der Waals surface area contributed by atoms with Gasteiger partial charge in [0.05, 0.1) is 0 Å². The number of rotatable bonds is 5. The molecule has 1 unspecified atom stereocenters. The summed E-state index contributed by atoms with van der Waals surface area (Å²) in [5.74, 6) is 0. The zero-order valence-electron chi connectivity index (χ0n) is 12.8. The summed E-state index contributed by atoms with van der Waals surface area (Å²) in [5.41, 5.74) is 2.70. The van der Waals surface area contributed by atoms with Gasteiger partial charge in [-0.25, -0.2) is 0 Å². The first-order chi connectivity index (χ1) is 10.4. The van der Waals surface area contributed by atoms with Crippen LogP contribution in [0.5, 0.6) is 0 Å². The predicted octanol–water partition coefficient (Wildman–Crippen LogP) is 4.31. The molecule has 0 amide bonds. The first-order valence-electron chi connectivity index (χ1n) is 8.01. The number of benzene rings is 2. The van der Waals surface area contributed by atoms with Crippen LogP contribution in [0.15, 0.2) is 60.7 Å². The molecule has 0 radical (unpaired) electrons. The van der Waals surface area contributed by atoms with Gasteiger partial charge in [-0.2, -0.15) is 0 Å². The second-order valence-electron chi connectivity index (χ2n) is 5.65. The summed E-state index contributed by atoms with van der Waals surface area (Å²) in [6, 6.07) is 21.7. The molecule has 1 atom stereocenters. The van der Waals surface area contributed by atoms with Crippen LogP contribution in [-0.2, 0) is 0 Å². The van der Waals surface area contributed by atoms with Crippen LogP contribution in [0, 0.1) is 0 Å². The number of hydrogen-bond acceptors (Lipinski definition) is 2.